The zero-order valence-corrected chi connectivity index (χ0v) is 19.9. The van der Waals surface area contributed by atoms with E-state index in [1.165, 1.54) is 6.33 Å². The smallest absolute Gasteiger partial charge is 0.218 e. The average Bonchev–Trinajstić information content (AvgIpc) is 3.25. The van der Waals surface area contributed by atoms with E-state index in [0.29, 0.717) is 42.6 Å². The summed E-state index contributed by atoms with van der Waals surface area (Å²) in [5.41, 5.74) is 2.27. The molecule has 4 N–H and O–H groups in total. The predicted octanol–water partition coefficient (Wildman–Crippen LogP) is 2.44. The van der Waals surface area contributed by atoms with Gasteiger partial charge < -0.3 is 19.9 Å². The molecule has 0 bridgehead atoms. The number of fused-ring (bicyclic) bond motifs is 1. The molecule has 1 saturated carbocycles. The first kappa shape index (κ1) is 24.2. The van der Waals surface area contributed by atoms with E-state index in [-0.39, 0.29) is 29.9 Å². The van der Waals surface area contributed by atoms with Crippen LogP contribution < -0.4 is 15.2 Å². The van der Waals surface area contributed by atoms with Gasteiger partial charge in [0.15, 0.2) is 0 Å². The third-order valence-corrected chi connectivity index (χ3v) is 7.27. The number of rotatable bonds is 9. The van der Waals surface area contributed by atoms with Gasteiger partial charge in [0.2, 0.25) is 15.9 Å². The van der Waals surface area contributed by atoms with Crippen LogP contribution in [0.25, 0.3) is 0 Å². The van der Waals surface area contributed by atoms with Crippen LogP contribution in [0.5, 0.6) is 5.88 Å². The zero-order valence-electron chi connectivity index (χ0n) is 18.4. The lowest BCUT2D eigenvalue weighted by molar-refractivity contribution is 0.0573. The Morgan fingerprint density at radius 1 is 1.27 bits per heavy atom. The van der Waals surface area contributed by atoms with Crippen molar-refractivity contribution in [1.82, 2.24) is 9.97 Å². The molecule has 1 aromatic heterocycles. The largest absolute Gasteiger partial charge is 0.474 e. The van der Waals surface area contributed by atoms with Crippen molar-refractivity contribution in [2.45, 2.75) is 57.0 Å². The van der Waals surface area contributed by atoms with E-state index in [0.717, 1.165) is 17.5 Å². The molecule has 33 heavy (non-hydrogen) atoms. The lowest BCUT2D eigenvalue weighted by Crippen LogP contribution is -2.25. The summed E-state index contributed by atoms with van der Waals surface area (Å²) in [6, 6.07) is 7.48. The molecule has 0 aliphatic heterocycles. The molecule has 2 aliphatic rings. The molecule has 1 unspecified atom stereocenters. The van der Waals surface area contributed by atoms with Crippen molar-refractivity contribution in [2.75, 3.05) is 17.7 Å². The van der Waals surface area contributed by atoms with Gasteiger partial charge in [-0.15, -0.1) is 0 Å². The quantitative estimate of drug-likeness (QED) is 0.481. The van der Waals surface area contributed by atoms with Crippen molar-refractivity contribution in [3.63, 3.8) is 0 Å². The number of nitrogens with zero attached hydrogens (tertiary/aromatic N) is 2. The number of aromatic nitrogens is 2. The maximum Gasteiger partial charge on any atom is 0.218 e. The molecule has 0 radical (unpaired) electrons. The van der Waals surface area contributed by atoms with Crippen LogP contribution in [0.2, 0.25) is 5.02 Å². The molecule has 1 heterocycles. The Labute approximate surface area is 198 Å². The minimum atomic E-state index is -3.56. The SMILES string of the molecule is CCO[C@H]1Cc2cc(Cl)ccc2[C@H]1Nc1cc(OC2C[C@@H](CCS(N)(=O)=O)[C@@H](O)C2)ncn1. The Morgan fingerprint density at radius 2 is 2.09 bits per heavy atom. The summed E-state index contributed by atoms with van der Waals surface area (Å²) in [6.07, 6.45) is 2.49. The first-order valence-corrected chi connectivity index (χ1v) is 13.1. The zero-order chi connectivity index (χ0) is 23.6. The second-order valence-corrected chi connectivity index (χ2v) is 10.8. The lowest BCUT2D eigenvalue weighted by Gasteiger charge is -2.22. The van der Waals surface area contributed by atoms with Gasteiger partial charge in [-0.1, -0.05) is 17.7 Å². The van der Waals surface area contributed by atoms with E-state index in [4.69, 9.17) is 26.2 Å². The molecular weight excluding hydrogens is 468 g/mol. The minimum Gasteiger partial charge on any atom is -0.474 e. The maximum absolute atomic E-state index is 11.2. The van der Waals surface area contributed by atoms with Crippen LogP contribution in [0.1, 0.15) is 43.4 Å². The van der Waals surface area contributed by atoms with Crippen molar-refractivity contribution in [3.8, 4) is 5.88 Å². The van der Waals surface area contributed by atoms with Gasteiger partial charge in [0.25, 0.3) is 0 Å². The van der Waals surface area contributed by atoms with Crippen LogP contribution >= 0.6 is 11.6 Å². The summed E-state index contributed by atoms with van der Waals surface area (Å²) in [5.74, 6) is 0.653. The number of nitrogens with one attached hydrogen (secondary N) is 1. The third-order valence-electron chi connectivity index (χ3n) is 6.23. The number of hydrogen-bond donors (Lipinski definition) is 3. The Bertz CT molecular complexity index is 1090. The fourth-order valence-electron chi connectivity index (χ4n) is 4.72. The normalized spacial score (nSPS) is 26.8. The Hall–Kier alpha value is -1.98. The highest BCUT2D eigenvalue weighted by atomic mass is 35.5. The summed E-state index contributed by atoms with van der Waals surface area (Å²) in [5, 5.41) is 19.5. The predicted molar refractivity (Wildman–Crippen MR) is 125 cm³/mol. The van der Waals surface area contributed by atoms with E-state index in [1.54, 1.807) is 6.07 Å². The first-order valence-electron chi connectivity index (χ1n) is 11.1. The number of hydrogen-bond acceptors (Lipinski definition) is 8. The van der Waals surface area contributed by atoms with E-state index in [9.17, 15) is 13.5 Å². The topological polar surface area (TPSA) is 137 Å². The van der Waals surface area contributed by atoms with Crippen LogP contribution in [0.4, 0.5) is 5.82 Å². The molecule has 5 atom stereocenters. The number of anilines is 1. The molecule has 2 aliphatic carbocycles. The fourth-order valence-corrected chi connectivity index (χ4v) is 5.54. The molecule has 4 rings (SSSR count). The van der Waals surface area contributed by atoms with E-state index < -0.39 is 16.1 Å². The van der Waals surface area contributed by atoms with Crippen LogP contribution in [0.15, 0.2) is 30.6 Å². The Balaban J connectivity index is 1.42. The number of benzene rings is 1. The molecule has 0 spiro atoms. The van der Waals surface area contributed by atoms with Crippen molar-refractivity contribution in [1.29, 1.82) is 0 Å². The van der Waals surface area contributed by atoms with Crippen molar-refractivity contribution >= 4 is 27.4 Å². The van der Waals surface area contributed by atoms with Gasteiger partial charge in [0.1, 0.15) is 18.2 Å². The number of ether oxygens (including phenoxy) is 2. The van der Waals surface area contributed by atoms with Gasteiger partial charge >= 0.3 is 0 Å². The van der Waals surface area contributed by atoms with Gasteiger partial charge in [0, 0.05) is 30.5 Å². The molecular formula is C22H29ClN4O5S. The maximum atomic E-state index is 11.2. The molecule has 2 aromatic rings. The molecule has 0 amide bonds. The highest BCUT2D eigenvalue weighted by Gasteiger charge is 2.36. The van der Waals surface area contributed by atoms with E-state index in [1.807, 2.05) is 25.1 Å². The fraction of sp³-hybridized carbons (Fsp3) is 0.545. The molecule has 1 fully saturated rings. The lowest BCUT2D eigenvalue weighted by atomic mass is 10.0. The number of primary sulfonamides is 1. The van der Waals surface area contributed by atoms with Crippen LogP contribution in [0, 0.1) is 5.92 Å². The number of sulfonamides is 1. The monoisotopic (exact) mass is 496 g/mol. The second-order valence-electron chi connectivity index (χ2n) is 8.60. The van der Waals surface area contributed by atoms with Gasteiger partial charge in [-0.3, -0.25) is 0 Å². The molecule has 1 aromatic carbocycles. The second kappa shape index (κ2) is 10.1. The van der Waals surface area contributed by atoms with E-state index >= 15 is 0 Å². The first-order chi connectivity index (χ1) is 15.7. The van der Waals surface area contributed by atoms with Crippen molar-refractivity contribution < 1.29 is 23.0 Å². The third kappa shape index (κ3) is 6.13. The standard InChI is InChI=1S/C22H29ClN4O5S/c1-2-31-19-9-14-7-15(23)3-4-17(14)22(19)27-20-11-21(26-12-25-20)32-16-8-13(18(28)10-16)5-6-33(24,29)30/h3-4,7,11-13,16,18-19,22,28H,2,5-6,8-10H2,1H3,(H2,24,29,30)(H,25,26,27)/t13-,16?,18+,19+,22-/m1/s1. The summed E-state index contributed by atoms with van der Waals surface area (Å²) < 4.78 is 34.4. The average molecular weight is 497 g/mol. The molecule has 11 heteroatoms. The minimum absolute atomic E-state index is 0.0487. The number of aliphatic hydroxyl groups is 1. The summed E-state index contributed by atoms with van der Waals surface area (Å²) >= 11 is 6.17. The highest BCUT2D eigenvalue weighted by molar-refractivity contribution is 7.89. The van der Waals surface area contributed by atoms with Gasteiger partial charge in [-0.2, -0.15) is 0 Å². The van der Waals surface area contributed by atoms with Crippen LogP contribution in [-0.2, 0) is 21.2 Å². The van der Waals surface area contributed by atoms with Gasteiger partial charge in [0.05, 0.1) is 24.0 Å². The van der Waals surface area contributed by atoms with Crippen molar-refractivity contribution in [3.05, 3.63) is 46.7 Å². The van der Waals surface area contributed by atoms with Gasteiger partial charge in [-0.05, 0) is 48.9 Å². The van der Waals surface area contributed by atoms with Crippen LogP contribution in [-0.4, -0.2) is 54.2 Å². The number of halogens is 1. The van der Waals surface area contributed by atoms with Crippen LogP contribution in [0.3, 0.4) is 0 Å². The molecule has 0 saturated heterocycles. The Kier molecular flexibility index (Phi) is 7.40. The summed E-state index contributed by atoms with van der Waals surface area (Å²) in [4.78, 5) is 8.54. The van der Waals surface area contributed by atoms with E-state index in [2.05, 4.69) is 15.3 Å². The number of aliphatic hydroxyl groups excluding tert-OH is 1. The molecule has 180 valence electrons. The summed E-state index contributed by atoms with van der Waals surface area (Å²) in [7, 11) is -3.56. The highest BCUT2D eigenvalue weighted by Crippen LogP contribution is 2.37. The summed E-state index contributed by atoms with van der Waals surface area (Å²) in [6.45, 7) is 2.56. The van der Waals surface area contributed by atoms with Gasteiger partial charge in [-0.25, -0.2) is 23.5 Å². The number of nitrogens with two attached hydrogens (primary N) is 1. The van der Waals surface area contributed by atoms with Crippen molar-refractivity contribution in [2.24, 2.45) is 11.1 Å². The Morgan fingerprint density at radius 3 is 2.85 bits per heavy atom. The molecule has 9 nitrogen and oxygen atoms in total.